The lowest BCUT2D eigenvalue weighted by molar-refractivity contribution is 0.611. The zero-order chi connectivity index (χ0) is 14.0. The quantitative estimate of drug-likeness (QED) is 0.508. The minimum atomic E-state index is 0.264. The Morgan fingerprint density at radius 2 is 1.89 bits per heavy atom. The van der Waals surface area contributed by atoms with Gasteiger partial charge < -0.3 is 5.32 Å². The Labute approximate surface area is 147 Å². The van der Waals surface area contributed by atoms with Gasteiger partial charge in [0.25, 0.3) is 0 Å². The Balaban J connectivity index is 2.38. The lowest BCUT2D eigenvalue weighted by Crippen LogP contribution is -2.21. The normalized spacial score (nSPS) is 12.9. The molecule has 0 fully saturated rings. The highest BCUT2D eigenvalue weighted by atomic mass is 79.9. The van der Waals surface area contributed by atoms with E-state index in [1.54, 1.807) is 11.3 Å². The van der Waals surface area contributed by atoms with Crippen molar-refractivity contribution in [3.8, 4) is 0 Å². The highest BCUT2D eigenvalue weighted by Gasteiger charge is 2.21. The molecule has 1 N–H and O–H groups in total. The Kier molecular flexibility index (Phi) is 6.11. The van der Waals surface area contributed by atoms with Gasteiger partial charge in [-0.2, -0.15) is 0 Å². The van der Waals surface area contributed by atoms with Crippen molar-refractivity contribution in [3.63, 3.8) is 0 Å². The van der Waals surface area contributed by atoms with Crippen LogP contribution in [0.1, 0.15) is 34.0 Å². The van der Waals surface area contributed by atoms with Gasteiger partial charge in [0.1, 0.15) is 0 Å². The molecule has 0 radical (unpaired) electrons. The van der Waals surface area contributed by atoms with Crippen molar-refractivity contribution in [1.82, 2.24) is 5.32 Å². The van der Waals surface area contributed by atoms with E-state index in [0.29, 0.717) is 0 Å². The SMILES string of the molecule is CCCNC(c1cc(Br)c(Br)s1)c1sc(C)cc1Br. The third-order valence-electron chi connectivity index (χ3n) is 2.65. The summed E-state index contributed by atoms with van der Waals surface area (Å²) >= 11 is 14.5. The smallest absolute Gasteiger partial charge is 0.0843 e. The summed E-state index contributed by atoms with van der Waals surface area (Å²) in [5.74, 6) is 0. The highest BCUT2D eigenvalue weighted by Crippen LogP contribution is 2.41. The van der Waals surface area contributed by atoms with Crippen LogP contribution in [0, 0.1) is 6.92 Å². The molecular weight excluding hydrogens is 474 g/mol. The average Bonchev–Trinajstić information content (AvgIpc) is 2.84. The second-order valence-electron chi connectivity index (χ2n) is 4.23. The van der Waals surface area contributed by atoms with Crippen LogP contribution in [0.3, 0.4) is 0 Å². The standard InChI is InChI=1S/C13H14Br3NS2/c1-3-4-17-11(10-6-9(15)13(16)19-10)12-8(14)5-7(2)18-12/h5-6,11,17H,3-4H2,1-2H3. The monoisotopic (exact) mass is 485 g/mol. The van der Waals surface area contributed by atoms with E-state index < -0.39 is 0 Å². The Hall–Kier alpha value is 0.800. The van der Waals surface area contributed by atoms with Crippen LogP contribution in [0.15, 0.2) is 24.9 Å². The van der Waals surface area contributed by atoms with E-state index in [4.69, 9.17) is 0 Å². The fourth-order valence-electron chi connectivity index (χ4n) is 1.81. The van der Waals surface area contributed by atoms with Crippen molar-refractivity contribution < 1.29 is 0 Å². The van der Waals surface area contributed by atoms with Crippen LogP contribution in [-0.4, -0.2) is 6.54 Å². The van der Waals surface area contributed by atoms with Crippen molar-refractivity contribution in [3.05, 3.63) is 39.5 Å². The van der Waals surface area contributed by atoms with Crippen LogP contribution in [0.5, 0.6) is 0 Å². The van der Waals surface area contributed by atoms with Gasteiger partial charge >= 0.3 is 0 Å². The summed E-state index contributed by atoms with van der Waals surface area (Å²) in [6.45, 7) is 5.36. The maximum Gasteiger partial charge on any atom is 0.0843 e. The minimum Gasteiger partial charge on any atom is -0.305 e. The molecule has 0 saturated carbocycles. The summed E-state index contributed by atoms with van der Waals surface area (Å²) in [7, 11) is 0. The van der Waals surface area contributed by atoms with Crippen LogP contribution >= 0.6 is 70.5 Å². The van der Waals surface area contributed by atoms with Crippen molar-refractivity contribution in [2.75, 3.05) is 6.54 Å². The van der Waals surface area contributed by atoms with Gasteiger partial charge in [0.2, 0.25) is 0 Å². The zero-order valence-corrected chi connectivity index (χ0v) is 17.0. The summed E-state index contributed by atoms with van der Waals surface area (Å²) in [5.41, 5.74) is 0. The fourth-order valence-corrected chi connectivity index (χ4v) is 6.04. The van der Waals surface area contributed by atoms with Gasteiger partial charge in [-0.05, 0) is 79.8 Å². The van der Waals surface area contributed by atoms with Crippen LogP contribution in [0.25, 0.3) is 0 Å². The first-order valence-corrected chi connectivity index (χ1v) is 9.98. The Bertz CT molecular complexity index is 543. The molecule has 0 aliphatic heterocycles. The largest absolute Gasteiger partial charge is 0.305 e. The molecule has 0 amide bonds. The summed E-state index contributed by atoms with van der Waals surface area (Å²) < 4.78 is 3.47. The van der Waals surface area contributed by atoms with Crippen molar-refractivity contribution in [2.24, 2.45) is 0 Å². The summed E-state index contributed by atoms with van der Waals surface area (Å²) in [4.78, 5) is 4.02. The average molecular weight is 488 g/mol. The topological polar surface area (TPSA) is 12.0 Å². The zero-order valence-electron chi connectivity index (χ0n) is 10.6. The van der Waals surface area contributed by atoms with Gasteiger partial charge in [0.15, 0.2) is 0 Å². The van der Waals surface area contributed by atoms with Crippen molar-refractivity contribution in [1.29, 1.82) is 0 Å². The molecular formula is C13H14Br3NS2. The number of nitrogens with one attached hydrogen (secondary N) is 1. The number of thiophene rings is 2. The maximum absolute atomic E-state index is 3.68. The van der Waals surface area contributed by atoms with E-state index in [1.807, 2.05) is 11.3 Å². The molecule has 104 valence electrons. The maximum atomic E-state index is 3.68. The number of hydrogen-bond acceptors (Lipinski definition) is 3. The molecule has 1 unspecified atom stereocenters. The molecule has 2 aromatic rings. The minimum absolute atomic E-state index is 0.264. The number of hydrogen-bond donors (Lipinski definition) is 1. The molecule has 0 bridgehead atoms. The van der Waals surface area contributed by atoms with E-state index in [0.717, 1.165) is 21.2 Å². The van der Waals surface area contributed by atoms with Crippen molar-refractivity contribution >= 4 is 70.5 Å². The van der Waals surface area contributed by atoms with Crippen LogP contribution in [0.2, 0.25) is 0 Å². The highest BCUT2D eigenvalue weighted by molar-refractivity contribution is 9.13. The van der Waals surface area contributed by atoms with Gasteiger partial charge in [0.05, 0.1) is 9.83 Å². The van der Waals surface area contributed by atoms with Gasteiger partial charge in [0, 0.05) is 23.6 Å². The molecule has 2 heterocycles. The van der Waals surface area contributed by atoms with E-state index in [1.165, 1.54) is 19.1 Å². The molecule has 0 aliphatic rings. The van der Waals surface area contributed by atoms with Gasteiger partial charge in [-0.3, -0.25) is 0 Å². The number of aryl methyl sites for hydroxylation is 1. The van der Waals surface area contributed by atoms with Crippen LogP contribution in [0.4, 0.5) is 0 Å². The molecule has 0 saturated heterocycles. The summed E-state index contributed by atoms with van der Waals surface area (Å²) in [6.07, 6.45) is 1.13. The first-order chi connectivity index (χ1) is 9.02. The molecule has 1 atom stereocenters. The first kappa shape index (κ1) is 16.2. The lowest BCUT2D eigenvalue weighted by Gasteiger charge is -2.16. The molecule has 19 heavy (non-hydrogen) atoms. The summed E-state index contributed by atoms with van der Waals surface area (Å²) in [5, 5.41) is 3.65. The second kappa shape index (κ2) is 7.18. The molecule has 0 spiro atoms. The summed E-state index contributed by atoms with van der Waals surface area (Å²) in [6, 6.07) is 4.66. The van der Waals surface area contributed by atoms with E-state index in [-0.39, 0.29) is 6.04 Å². The van der Waals surface area contributed by atoms with Gasteiger partial charge in [-0.15, -0.1) is 22.7 Å². The van der Waals surface area contributed by atoms with E-state index in [2.05, 4.69) is 79.1 Å². The third kappa shape index (κ3) is 3.92. The first-order valence-electron chi connectivity index (χ1n) is 5.96. The molecule has 0 aliphatic carbocycles. The third-order valence-corrected chi connectivity index (χ3v) is 8.00. The Morgan fingerprint density at radius 3 is 2.37 bits per heavy atom. The molecule has 1 nitrogen and oxygen atoms in total. The number of halogens is 3. The van der Waals surface area contributed by atoms with E-state index >= 15 is 0 Å². The predicted octanol–water partition coefficient (Wildman–Crippen LogP) is 6.49. The van der Waals surface area contributed by atoms with Crippen molar-refractivity contribution in [2.45, 2.75) is 26.3 Å². The van der Waals surface area contributed by atoms with E-state index in [9.17, 15) is 0 Å². The second-order valence-corrected chi connectivity index (χ2v) is 9.63. The van der Waals surface area contributed by atoms with Crippen LogP contribution in [-0.2, 0) is 0 Å². The van der Waals surface area contributed by atoms with Gasteiger partial charge in [-0.1, -0.05) is 6.92 Å². The Morgan fingerprint density at radius 1 is 1.16 bits per heavy atom. The molecule has 2 aromatic heterocycles. The fraction of sp³-hybridized carbons (Fsp3) is 0.385. The number of rotatable bonds is 5. The molecule has 2 rings (SSSR count). The lowest BCUT2D eigenvalue weighted by atomic mass is 10.2. The van der Waals surface area contributed by atoms with Crippen LogP contribution < -0.4 is 5.32 Å². The predicted molar refractivity (Wildman–Crippen MR) is 96.6 cm³/mol. The molecule has 0 aromatic carbocycles. The van der Waals surface area contributed by atoms with Gasteiger partial charge in [-0.25, -0.2) is 0 Å². The molecule has 6 heteroatoms.